The fourth-order valence-corrected chi connectivity index (χ4v) is 7.18. The number of rotatable bonds is 8. The smallest absolute Gasteiger partial charge is 0.410 e. The number of nitrogens with one attached hydrogen (secondary N) is 1. The molecule has 12 heteroatoms. The van der Waals surface area contributed by atoms with E-state index in [9.17, 15) is 15.5 Å². The van der Waals surface area contributed by atoms with Crippen LogP contribution in [-0.2, 0) is 4.74 Å². The summed E-state index contributed by atoms with van der Waals surface area (Å²) in [6.45, 7) is 12.0. The van der Waals surface area contributed by atoms with Crippen molar-refractivity contribution in [3.63, 3.8) is 0 Å². The molecule has 3 heterocycles. The average Bonchev–Trinajstić information content (AvgIpc) is 3.02. The maximum Gasteiger partial charge on any atom is 0.410 e. The Kier molecular flexibility index (Phi) is 10.4. The minimum Gasteiger partial charge on any atom is -0.444 e. The molecule has 0 spiro atoms. The van der Waals surface area contributed by atoms with Gasteiger partial charge in [-0.25, -0.2) is 9.78 Å². The van der Waals surface area contributed by atoms with Crippen LogP contribution in [0.3, 0.4) is 0 Å². The number of likely N-dealkylation sites (N-methyl/N-ethyl adjacent to an activating group) is 1. The topological polar surface area (TPSA) is 103 Å². The van der Waals surface area contributed by atoms with Crippen LogP contribution in [0.4, 0.5) is 21.9 Å². The predicted octanol–water partition coefficient (Wildman–Crippen LogP) is 6.18. The Morgan fingerprint density at radius 1 is 1.15 bits per heavy atom. The summed E-state index contributed by atoms with van der Waals surface area (Å²) in [6.07, 6.45) is 6.28. The minimum atomic E-state index is -0.560. The molecule has 1 amide bonds. The second kappa shape index (κ2) is 14.1. The lowest BCUT2D eigenvalue weighted by Crippen LogP contribution is -2.63. The van der Waals surface area contributed by atoms with Gasteiger partial charge in [-0.1, -0.05) is 23.8 Å². The molecule has 246 valence electrons. The number of amides is 1. The second-order valence-corrected chi connectivity index (χ2v) is 14.2. The SMILES string of the molecule is CN(C(=N)C1(N(C=S)c2ccc(N3CCC(CN4CCN(C(=O)OC(C)(C)C)CC4)CC3)cc2)CCC1)c1cnc(C#N)c(Cl)c1. The fraction of sp³-hybridized carbons (Fsp3) is 0.559. The minimum absolute atomic E-state index is 0.170. The lowest BCUT2D eigenvalue weighted by molar-refractivity contribution is 0.0130. The van der Waals surface area contributed by atoms with Gasteiger partial charge in [0.1, 0.15) is 23.0 Å². The van der Waals surface area contributed by atoms with E-state index in [2.05, 4.69) is 43.9 Å². The number of halogens is 1. The number of carbonyl (C=O) groups excluding carboxylic acids is 1. The van der Waals surface area contributed by atoms with Gasteiger partial charge < -0.3 is 24.3 Å². The first kappa shape index (κ1) is 33.9. The first-order valence-corrected chi connectivity index (χ1v) is 17.0. The number of pyridine rings is 1. The highest BCUT2D eigenvalue weighted by molar-refractivity contribution is 7.79. The molecular weight excluding hydrogens is 620 g/mol. The Labute approximate surface area is 283 Å². The molecule has 0 bridgehead atoms. The van der Waals surface area contributed by atoms with Gasteiger partial charge in [-0.3, -0.25) is 10.3 Å². The molecule has 1 aliphatic carbocycles. The number of carbonyl (C=O) groups is 1. The third kappa shape index (κ3) is 7.40. The van der Waals surface area contributed by atoms with Crippen LogP contribution in [0, 0.1) is 22.7 Å². The number of piperidine rings is 1. The summed E-state index contributed by atoms with van der Waals surface area (Å²) in [7, 11) is 1.83. The zero-order chi connectivity index (χ0) is 33.1. The Hall–Kier alpha value is -3.46. The number of anilines is 3. The van der Waals surface area contributed by atoms with E-state index in [4.69, 9.17) is 28.6 Å². The standard InChI is InChI=1S/C34H45ClN8O2S/c1-33(2,3)45-32(44)42-18-16-40(17-19-42)23-25-10-14-41(15-11-25)26-6-8-27(9-7-26)43(24-46)34(12-5-13-34)31(37)39(4)28-20-29(35)30(21-36)38-22-28/h6-9,20,22,24-25,37H,5,10-19,23H2,1-4H3. The van der Waals surface area contributed by atoms with Gasteiger partial charge in [0.05, 0.1) is 22.4 Å². The Morgan fingerprint density at radius 3 is 2.33 bits per heavy atom. The maximum absolute atomic E-state index is 12.4. The van der Waals surface area contributed by atoms with E-state index in [1.54, 1.807) is 22.7 Å². The quantitative estimate of drug-likeness (QED) is 0.201. The molecule has 0 radical (unpaired) electrons. The normalized spacial score (nSPS) is 18.7. The van der Waals surface area contributed by atoms with Crippen molar-refractivity contribution in [1.82, 2.24) is 14.8 Å². The number of ether oxygens (including phenoxy) is 1. The van der Waals surface area contributed by atoms with Gasteiger partial charge in [0.25, 0.3) is 0 Å². The van der Waals surface area contributed by atoms with Crippen LogP contribution in [0.25, 0.3) is 0 Å². The molecular formula is C34H45ClN8O2S. The monoisotopic (exact) mass is 664 g/mol. The summed E-state index contributed by atoms with van der Waals surface area (Å²) in [6, 6.07) is 12.2. The molecule has 3 fully saturated rings. The zero-order valence-electron chi connectivity index (χ0n) is 27.3. The van der Waals surface area contributed by atoms with Gasteiger partial charge in [-0.2, -0.15) is 5.26 Å². The number of nitrogens with zero attached hydrogens (tertiary/aromatic N) is 7. The highest BCUT2D eigenvalue weighted by Gasteiger charge is 2.48. The Morgan fingerprint density at radius 2 is 1.80 bits per heavy atom. The highest BCUT2D eigenvalue weighted by Crippen LogP contribution is 2.42. The predicted molar refractivity (Wildman–Crippen MR) is 188 cm³/mol. The summed E-state index contributed by atoms with van der Waals surface area (Å²) in [5.74, 6) is 1.07. The van der Waals surface area contributed by atoms with Crippen molar-refractivity contribution in [2.75, 3.05) is 67.6 Å². The molecule has 5 rings (SSSR count). The Balaban J connectivity index is 1.15. The third-order valence-corrected chi connectivity index (χ3v) is 9.99. The van der Waals surface area contributed by atoms with E-state index in [0.29, 0.717) is 17.4 Å². The molecule has 1 saturated carbocycles. The molecule has 0 atom stereocenters. The molecule has 1 aromatic heterocycles. The summed E-state index contributed by atoms with van der Waals surface area (Å²) in [5.41, 5.74) is 3.63. The van der Waals surface area contributed by atoms with Crippen LogP contribution in [0.1, 0.15) is 58.6 Å². The number of hydrogen-bond donors (Lipinski definition) is 1. The first-order valence-electron chi connectivity index (χ1n) is 16.1. The van der Waals surface area contributed by atoms with Crippen molar-refractivity contribution in [1.29, 1.82) is 10.7 Å². The van der Waals surface area contributed by atoms with Gasteiger partial charge in [0, 0.05) is 64.2 Å². The van der Waals surface area contributed by atoms with Crippen LogP contribution >= 0.6 is 23.8 Å². The van der Waals surface area contributed by atoms with E-state index < -0.39 is 11.1 Å². The molecule has 3 aliphatic rings. The highest BCUT2D eigenvalue weighted by atomic mass is 35.5. The van der Waals surface area contributed by atoms with Crippen LogP contribution in [0.15, 0.2) is 36.5 Å². The lowest BCUT2D eigenvalue weighted by Gasteiger charge is -2.51. The summed E-state index contributed by atoms with van der Waals surface area (Å²) in [5, 5.41) is 18.7. The molecule has 2 aliphatic heterocycles. The van der Waals surface area contributed by atoms with E-state index in [1.165, 1.54) is 5.69 Å². The third-order valence-electron chi connectivity index (χ3n) is 9.49. The van der Waals surface area contributed by atoms with Crippen molar-refractivity contribution < 1.29 is 9.53 Å². The van der Waals surface area contributed by atoms with Crippen molar-refractivity contribution in [2.45, 2.75) is 64.0 Å². The van der Waals surface area contributed by atoms with Gasteiger partial charge in [-0.05, 0) is 89.1 Å². The van der Waals surface area contributed by atoms with Crippen molar-refractivity contribution in [2.24, 2.45) is 5.92 Å². The number of piperazine rings is 1. The number of amidine groups is 1. The number of nitriles is 1. The van der Waals surface area contributed by atoms with Crippen LogP contribution in [0.5, 0.6) is 0 Å². The van der Waals surface area contributed by atoms with Crippen molar-refractivity contribution in [3.8, 4) is 6.07 Å². The number of hydrogen-bond acceptors (Lipinski definition) is 8. The van der Waals surface area contributed by atoms with E-state index in [0.717, 1.165) is 83.6 Å². The summed E-state index contributed by atoms with van der Waals surface area (Å²) >= 11 is 11.8. The van der Waals surface area contributed by atoms with Gasteiger partial charge in [0.2, 0.25) is 0 Å². The summed E-state index contributed by atoms with van der Waals surface area (Å²) < 4.78 is 5.54. The molecule has 46 heavy (non-hydrogen) atoms. The van der Waals surface area contributed by atoms with E-state index >= 15 is 0 Å². The van der Waals surface area contributed by atoms with Crippen LogP contribution < -0.4 is 14.7 Å². The fourth-order valence-electron chi connectivity index (χ4n) is 6.65. The molecule has 10 nitrogen and oxygen atoms in total. The average molecular weight is 665 g/mol. The van der Waals surface area contributed by atoms with E-state index in [-0.39, 0.29) is 16.8 Å². The largest absolute Gasteiger partial charge is 0.444 e. The number of benzene rings is 1. The number of aromatic nitrogens is 1. The van der Waals surface area contributed by atoms with Gasteiger partial charge in [0.15, 0.2) is 5.69 Å². The van der Waals surface area contributed by atoms with Gasteiger partial charge in [-0.15, -0.1) is 0 Å². The Bertz CT molecular complexity index is 1450. The molecule has 0 unspecified atom stereocenters. The maximum atomic E-state index is 12.4. The molecule has 1 N–H and O–H groups in total. The summed E-state index contributed by atoms with van der Waals surface area (Å²) in [4.78, 5) is 27.2. The van der Waals surface area contributed by atoms with Crippen molar-refractivity contribution >= 4 is 58.3 Å². The van der Waals surface area contributed by atoms with Gasteiger partial charge >= 0.3 is 6.09 Å². The molecule has 2 saturated heterocycles. The van der Waals surface area contributed by atoms with Crippen molar-refractivity contribution in [3.05, 3.63) is 47.2 Å². The zero-order valence-corrected chi connectivity index (χ0v) is 28.9. The number of thiocarbonyl (C=S) groups is 1. The molecule has 2 aromatic rings. The van der Waals surface area contributed by atoms with Crippen LogP contribution in [-0.4, -0.2) is 96.2 Å². The molecule has 1 aromatic carbocycles. The van der Waals surface area contributed by atoms with E-state index in [1.807, 2.05) is 38.8 Å². The van der Waals surface area contributed by atoms with Crippen LogP contribution in [0.2, 0.25) is 5.02 Å². The second-order valence-electron chi connectivity index (χ2n) is 13.6. The lowest BCUT2D eigenvalue weighted by atomic mass is 9.73. The first-order chi connectivity index (χ1) is 21.9.